The molecule has 0 spiro atoms. The number of nitrogens with zero attached hydrogens (tertiary/aromatic N) is 3. The Kier molecular flexibility index (Phi) is 5.63. The summed E-state index contributed by atoms with van der Waals surface area (Å²) in [4.78, 5) is 11.5. The lowest BCUT2D eigenvalue weighted by molar-refractivity contribution is -0.141. The van der Waals surface area contributed by atoms with Gasteiger partial charge in [0.15, 0.2) is 0 Å². The van der Waals surface area contributed by atoms with Crippen molar-refractivity contribution in [3.63, 3.8) is 0 Å². The maximum absolute atomic E-state index is 12.7. The van der Waals surface area contributed by atoms with Crippen LogP contribution < -0.4 is 15.8 Å². The van der Waals surface area contributed by atoms with Gasteiger partial charge in [0, 0.05) is 28.4 Å². The molecule has 0 bridgehead atoms. The van der Waals surface area contributed by atoms with Crippen LogP contribution in [-0.4, -0.2) is 15.0 Å². The van der Waals surface area contributed by atoms with Crippen molar-refractivity contribution in [1.82, 2.24) is 15.0 Å². The number of anilines is 3. The van der Waals surface area contributed by atoms with Crippen LogP contribution >= 0.6 is 22.6 Å². The molecule has 6 nitrogen and oxygen atoms in total. The molecule has 0 aliphatic carbocycles. The molecule has 1 aromatic carbocycles. The largest absolute Gasteiger partial charge is 0.457 e. The second-order valence-electron chi connectivity index (χ2n) is 5.36. The van der Waals surface area contributed by atoms with E-state index in [1.54, 1.807) is 30.3 Å². The Morgan fingerprint density at radius 2 is 1.78 bits per heavy atom. The topological polar surface area (TPSA) is 86.0 Å². The summed E-state index contributed by atoms with van der Waals surface area (Å²) in [6.45, 7) is 0. The predicted molar refractivity (Wildman–Crippen MR) is 103 cm³/mol. The van der Waals surface area contributed by atoms with E-state index in [0.717, 1.165) is 18.0 Å². The molecule has 0 aliphatic rings. The van der Waals surface area contributed by atoms with E-state index >= 15 is 0 Å². The molecule has 0 aliphatic heterocycles. The lowest BCUT2D eigenvalue weighted by Crippen LogP contribution is -2.07. The molecule has 140 valence electrons. The molecule has 0 atom stereocenters. The maximum atomic E-state index is 12.7. The zero-order valence-electron chi connectivity index (χ0n) is 13.7. The average molecular weight is 487 g/mol. The van der Waals surface area contributed by atoms with Gasteiger partial charge >= 0.3 is 6.18 Å². The Morgan fingerprint density at radius 1 is 1.04 bits per heavy atom. The number of alkyl halides is 4. The molecule has 0 fully saturated rings. The van der Waals surface area contributed by atoms with Gasteiger partial charge in [-0.05, 0) is 30.3 Å². The molecule has 0 saturated heterocycles. The van der Waals surface area contributed by atoms with E-state index in [-0.39, 0.29) is 11.7 Å². The van der Waals surface area contributed by atoms with Crippen molar-refractivity contribution in [3.8, 4) is 11.5 Å². The van der Waals surface area contributed by atoms with Gasteiger partial charge in [-0.15, -0.1) is 0 Å². The van der Waals surface area contributed by atoms with Crippen LogP contribution in [0.25, 0.3) is 0 Å². The normalized spacial score (nSPS) is 11.3. The van der Waals surface area contributed by atoms with E-state index < -0.39 is 11.9 Å². The number of nitrogens with one attached hydrogen (secondary N) is 1. The van der Waals surface area contributed by atoms with Gasteiger partial charge in [0.25, 0.3) is 0 Å². The molecule has 27 heavy (non-hydrogen) atoms. The third-order valence-electron chi connectivity index (χ3n) is 3.32. The molecule has 2 aromatic heterocycles. The lowest BCUT2D eigenvalue weighted by Gasteiger charge is -2.10. The summed E-state index contributed by atoms with van der Waals surface area (Å²) in [5, 5.41) is 3.09. The first-order valence-electron chi connectivity index (χ1n) is 7.61. The average Bonchev–Trinajstić information content (AvgIpc) is 2.62. The number of pyridine rings is 1. The molecule has 3 rings (SSSR count). The SMILES string of the molecule is Nc1nc(CI)cc(Nc2ccc(Oc3ccnc(C(F)(F)F)c3)cc2)n1. The smallest absolute Gasteiger partial charge is 0.433 e. The third kappa shape index (κ3) is 5.18. The molecule has 10 heteroatoms. The molecule has 0 saturated carbocycles. The van der Waals surface area contributed by atoms with Crippen LogP contribution in [-0.2, 0) is 10.6 Å². The van der Waals surface area contributed by atoms with Crippen molar-refractivity contribution in [2.75, 3.05) is 11.1 Å². The number of benzene rings is 1. The molecule has 0 amide bonds. The van der Waals surface area contributed by atoms with Crippen LogP contribution in [0.1, 0.15) is 11.4 Å². The summed E-state index contributed by atoms with van der Waals surface area (Å²) in [5.41, 5.74) is 6.17. The van der Waals surface area contributed by atoms with Gasteiger partial charge in [0.05, 0.1) is 5.69 Å². The van der Waals surface area contributed by atoms with Gasteiger partial charge in [-0.25, -0.2) is 4.98 Å². The van der Waals surface area contributed by atoms with Crippen LogP contribution in [0.2, 0.25) is 0 Å². The van der Waals surface area contributed by atoms with Crippen molar-refractivity contribution in [2.45, 2.75) is 10.6 Å². The molecule has 3 N–H and O–H groups in total. The van der Waals surface area contributed by atoms with Gasteiger partial charge in [-0.3, -0.25) is 4.98 Å². The van der Waals surface area contributed by atoms with E-state index in [2.05, 4.69) is 42.9 Å². The number of hydrogen-bond acceptors (Lipinski definition) is 6. The number of rotatable bonds is 5. The first kappa shape index (κ1) is 19.1. The monoisotopic (exact) mass is 487 g/mol. The number of ether oxygens (including phenoxy) is 1. The van der Waals surface area contributed by atoms with Crippen LogP contribution in [0.15, 0.2) is 48.7 Å². The van der Waals surface area contributed by atoms with E-state index in [4.69, 9.17) is 10.5 Å². The van der Waals surface area contributed by atoms with Crippen molar-refractivity contribution in [1.29, 1.82) is 0 Å². The molecular weight excluding hydrogens is 474 g/mol. The number of halogens is 4. The summed E-state index contributed by atoms with van der Waals surface area (Å²) in [5.74, 6) is 1.15. The third-order valence-corrected chi connectivity index (χ3v) is 4.10. The summed E-state index contributed by atoms with van der Waals surface area (Å²) < 4.78 is 44.3. The highest BCUT2D eigenvalue weighted by atomic mass is 127. The number of hydrogen-bond donors (Lipinski definition) is 2. The van der Waals surface area contributed by atoms with Crippen LogP contribution in [0.3, 0.4) is 0 Å². The lowest BCUT2D eigenvalue weighted by atomic mass is 10.3. The zero-order valence-corrected chi connectivity index (χ0v) is 15.8. The highest BCUT2D eigenvalue weighted by Crippen LogP contribution is 2.31. The summed E-state index contributed by atoms with van der Waals surface area (Å²) in [6, 6.07) is 10.7. The molecule has 2 heterocycles. The number of nitrogen functional groups attached to an aromatic ring is 1. The molecule has 0 radical (unpaired) electrons. The van der Waals surface area contributed by atoms with Crippen molar-refractivity contribution >= 4 is 40.0 Å². The minimum Gasteiger partial charge on any atom is -0.457 e. The first-order chi connectivity index (χ1) is 12.8. The minimum absolute atomic E-state index is 0.0493. The van der Waals surface area contributed by atoms with E-state index in [1.165, 1.54) is 6.07 Å². The van der Waals surface area contributed by atoms with Gasteiger partial charge in [-0.2, -0.15) is 18.2 Å². The Hall–Kier alpha value is -2.63. The van der Waals surface area contributed by atoms with E-state index in [1.807, 2.05) is 0 Å². The van der Waals surface area contributed by atoms with Gasteiger partial charge in [0.1, 0.15) is 23.0 Å². The Bertz CT molecular complexity index is 935. The van der Waals surface area contributed by atoms with Crippen LogP contribution in [0.4, 0.5) is 30.6 Å². The zero-order chi connectivity index (χ0) is 19.4. The fourth-order valence-electron chi connectivity index (χ4n) is 2.17. The standard InChI is InChI=1S/C17H13F3IN5O/c18-17(19,20)14-8-13(5-6-23-14)27-12-3-1-10(2-4-12)24-15-7-11(9-21)25-16(22)26-15/h1-8H,9H2,(H3,22,24,25,26). The van der Waals surface area contributed by atoms with Crippen LogP contribution in [0.5, 0.6) is 11.5 Å². The highest BCUT2D eigenvalue weighted by Gasteiger charge is 2.32. The second kappa shape index (κ2) is 7.94. The van der Waals surface area contributed by atoms with Crippen molar-refractivity contribution in [2.24, 2.45) is 0 Å². The molecule has 3 aromatic rings. The van der Waals surface area contributed by atoms with E-state index in [9.17, 15) is 13.2 Å². The second-order valence-corrected chi connectivity index (χ2v) is 6.13. The highest BCUT2D eigenvalue weighted by molar-refractivity contribution is 14.1. The van der Waals surface area contributed by atoms with Crippen molar-refractivity contribution < 1.29 is 17.9 Å². The first-order valence-corrected chi connectivity index (χ1v) is 9.13. The van der Waals surface area contributed by atoms with Gasteiger partial charge in [0.2, 0.25) is 5.95 Å². The Labute approximate surface area is 166 Å². The van der Waals surface area contributed by atoms with Gasteiger partial charge < -0.3 is 15.8 Å². The maximum Gasteiger partial charge on any atom is 0.433 e. The summed E-state index contributed by atoms with van der Waals surface area (Å²) >= 11 is 2.17. The molecular formula is C17H13F3IN5O. The quantitative estimate of drug-likeness (QED) is 0.392. The number of nitrogens with two attached hydrogens (primary N) is 1. The molecule has 0 unspecified atom stereocenters. The van der Waals surface area contributed by atoms with E-state index in [0.29, 0.717) is 21.7 Å². The fraction of sp³-hybridized carbons (Fsp3) is 0.118. The fourth-order valence-corrected chi connectivity index (χ4v) is 2.56. The summed E-state index contributed by atoms with van der Waals surface area (Å²) in [7, 11) is 0. The Balaban J connectivity index is 1.72. The minimum atomic E-state index is -4.52. The number of aromatic nitrogens is 3. The van der Waals surface area contributed by atoms with Crippen LogP contribution in [0, 0.1) is 0 Å². The Morgan fingerprint density at radius 3 is 2.44 bits per heavy atom. The van der Waals surface area contributed by atoms with Gasteiger partial charge in [-0.1, -0.05) is 22.6 Å². The summed E-state index contributed by atoms with van der Waals surface area (Å²) in [6.07, 6.45) is -3.47. The predicted octanol–water partition coefficient (Wildman–Crippen LogP) is 4.94. The van der Waals surface area contributed by atoms with Crippen molar-refractivity contribution in [3.05, 3.63) is 60.0 Å².